The highest BCUT2D eigenvalue weighted by molar-refractivity contribution is 5.71. The Balaban J connectivity index is 4.38. The number of allylic oxidation sites excluding steroid dienone is 10. The average Bonchev–Trinajstić information content (AvgIpc) is 3.29. The minimum atomic E-state index is -0.786. The summed E-state index contributed by atoms with van der Waals surface area (Å²) in [6.07, 6.45) is 64.9. The summed E-state index contributed by atoms with van der Waals surface area (Å²) in [4.78, 5) is 38.0. The topological polar surface area (TPSA) is 78.9 Å². The summed E-state index contributed by atoms with van der Waals surface area (Å²) in [7, 11) is 0. The zero-order chi connectivity index (χ0) is 46.5. The zero-order valence-electron chi connectivity index (χ0n) is 42.3. The van der Waals surface area contributed by atoms with Crippen LogP contribution in [0.15, 0.2) is 60.8 Å². The maximum Gasteiger partial charge on any atom is 0.306 e. The van der Waals surface area contributed by atoms with Gasteiger partial charge in [0.25, 0.3) is 0 Å². The smallest absolute Gasteiger partial charge is 0.306 e. The summed E-state index contributed by atoms with van der Waals surface area (Å²) < 4.78 is 16.8. The number of esters is 3. The summed E-state index contributed by atoms with van der Waals surface area (Å²) in [6.45, 7) is 6.51. The van der Waals surface area contributed by atoms with Gasteiger partial charge in [-0.2, -0.15) is 0 Å². The monoisotopic (exact) mass is 895 g/mol. The standard InChI is InChI=1S/C58H102O6/c1-4-7-10-13-16-19-22-24-26-28-30-31-33-36-39-42-45-48-51-57(60)63-54-55(53-62-56(59)50-47-44-41-38-35-21-18-15-12-9-6-3)64-58(61)52-49-46-43-40-37-34-32-29-27-25-23-20-17-14-11-8-5-2/h8,11,17,20,25-28,32,34,55H,4-7,9-10,12-16,18-19,21-24,29-31,33,35-54H2,1-3H3/b11-8-,20-17-,27-25-,28-26-,34-32-. The molecule has 0 N–H and O–H groups in total. The third kappa shape index (κ3) is 50.1. The fourth-order valence-corrected chi connectivity index (χ4v) is 7.66. The number of hydrogen-bond donors (Lipinski definition) is 0. The lowest BCUT2D eigenvalue weighted by Gasteiger charge is -2.18. The van der Waals surface area contributed by atoms with Crippen LogP contribution in [-0.4, -0.2) is 37.2 Å². The van der Waals surface area contributed by atoms with Gasteiger partial charge < -0.3 is 14.2 Å². The largest absolute Gasteiger partial charge is 0.462 e. The molecule has 0 radical (unpaired) electrons. The lowest BCUT2D eigenvalue weighted by molar-refractivity contribution is -0.167. The molecule has 0 aliphatic heterocycles. The molecule has 0 saturated carbocycles. The van der Waals surface area contributed by atoms with Gasteiger partial charge in [0.1, 0.15) is 13.2 Å². The molecule has 6 heteroatoms. The molecule has 1 unspecified atom stereocenters. The van der Waals surface area contributed by atoms with Crippen molar-refractivity contribution in [1.29, 1.82) is 0 Å². The molecular weight excluding hydrogens is 793 g/mol. The molecule has 0 saturated heterocycles. The van der Waals surface area contributed by atoms with E-state index in [9.17, 15) is 14.4 Å². The molecule has 0 aromatic carbocycles. The van der Waals surface area contributed by atoms with E-state index in [1.54, 1.807) is 0 Å². The van der Waals surface area contributed by atoms with Crippen molar-refractivity contribution in [2.24, 2.45) is 0 Å². The van der Waals surface area contributed by atoms with Gasteiger partial charge in [0.15, 0.2) is 6.10 Å². The van der Waals surface area contributed by atoms with Crippen molar-refractivity contribution in [1.82, 2.24) is 0 Å². The minimum absolute atomic E-state index is 0.0836. The van der Waals surface area contributed by atoms with Crippen molar-refractivity contribution in [2.75, 3.05) is 13.2 Å². The van der Waals surface area contributed by atoms with E-state index in [-0.39, 0.29) is 31.1 Å². The van der Waals surface area contributed by atoms with Crippen LogP contribution in [0.5, 0.6) is 0 Å². The fraction of sp³-hybridized carbons (Fsp3) is 0.776. The second kappa shape index (κ2) is 52.7. The Bertz CT molecular complexity index is 1170. The van der Waals surface area contributed by atoms with Crippen molar-refractivity contribution >= 4 is 17.9 Å². The molecule has 1 atom stereocenters. The third-order valence-corrected chi connectivity index (χ3v) is 11.8. The SMILES string of the molecule is CC/C=C\C/C=C\C/C=C\C/C=C\CCCCCCC(=O)OC(COC(=O)CCCCCCCCC/C=C\CCCCCCCCC)COC(=O)CCCCCCCCCCCCC. The van der Waals surface area contributed by atoms with Crippen LogP contribution >= 0.6 is 0 Å². The first-order valence-corrected chi connectivity index (χ1v) is 27.3. The first-order valence-electron chi connectivity index (χ1n) is 27.3. The Morgan fingerprint density at radius 1 is 0.328 bits per heavy atom. The Morgan fingerprint density at radius 2 is 0.609 bits per heavy atom. The summed E-state index contributed by atoms with van der Waals surface area (Å²) >= 11 is 0. The molecule has 0 amide bonds. The summed E-state index contributed by atoms with van der Waals surface area (Å²) in [6, 6.07) is 0. The molecular formula is C58H102O6. The lowest BCUT2D eigenvalue weighted by Crippen LogP contribution is -2.30. The molecule has 6 nitrogen and oxygen atoms in total. The van der Waals surface area contributed by atoms with Crippen molar-refractivity contribution in [3.8, 4) is 0 Å². The van der Waals surface area contributed by atoms with Gasteiger partial charge in [0.2, 0.25) is 0 Å². The van der Waals surface area contributed by atoms with Crippen LogP contribution in [0.25, 0.3) is 0 Å². The van der Waals surface area contributed by atoms with Gasteiger partial charge in [-0.25, -0.2) is 0 Å². The molecule has 0 aliphatic rings. The van der Waals surface area contributed by atoms with Gasteiger partial charge in [-0.15, -0.1) is 0 Å². The van der Waals surface area contributed by atoms with Crippen molar-refractivity contribution < 1.29 is 28.6 Å². The zero-order valence-corrected chi connectivity index (χ0v) is 42.3. The molecule has 0 spiro atoms. The molecule has 0 fully saturated rings. The molecule has 0 aromatic rings. The highest BCUT2D eigenvalue weighted by atomic mass is 16.6. The number of ether oxygens (including phenoxy) is 3. The van der Waals surface area contributed by atoms with E-state index in [4.69, 9.17) is 14.2 Å². The second-order valence-electron chi connectivity index (χ2n) is 18.1. The highest BCUT2D eigenvalue weighted by Gasteiger charge is 2.19. The number of unbranched alkanes of at least 4 members (excludes halogenated alkanes) is 28. The van der Waals surface area contributed by atoms with Gasteiger partial charge in [-0.1, -0.05) is 229 Å². The fourth-order valence-electron chi connectivity index (χ4n) is 7.66. The van der Waals surface area contributed by atoms with Crippen molar-refractivity contribution in [3.05, 3.63) is 60.8 Å². The van der Waals surface area contributed by atoms with Crippen molar-refractivity contribution in [3.63, 3.8) is 0 Å². The number of hydrogen-bond acceptors (Lipinski definition) is 6. The molecule has 0 heterocycles. The van der Waals surface area contributed by atoms with Crippen LogP contribution in [0.3, 0.4) is 0 Å². The van der Waals surface area contributed by atoms with E-state index >= 15 is 0 Å². The molecule has 370 valence electrons. The molecule has 64 heavy (non-hydrogen) atoms. The first kappa shape index (κ1) is 61.1. The van der Waals surface area contributed by atoms with Gasteiger partial charge in [-0.3, -0.25) is 14.4 Å². The molecule has 0 bridgehead atoms. The van der Waals surface area contributed by atoms with E-state index in [1.165, 1.54) is 135 Å². The van der Waals surface area contributed by atoms with Gasteiger partial charge >= 0.3 is 17.9 Å². The summed E-state index contributed by atoms with van der Waals surface area (Å²) in [5, 5.41) is 0. The Hall–Kier alpha value is -2.89. The van der Waals surface area contributed by atoms with E-state index < -0.39 is 6.10 Å². The Labute approximate surface area is 396 Å². The molecule has 0 aromatic heterocycles. The number of carbonyl (C=O) groups is 3. The normalized spacial score (nSPS) is 12.5. The van der Waals surface area contributed by atoms with Gasteiger partial charge in [0.05, 0.1) is 0 Å². The summed E-state index contributed by atoms with van der Waals surface area (Å²) in [5.41, 5.74) is 0. The summed E-state index contributed by atoms with van der Waals surface area (Å²) in [5.74, 6) is -0.905. The third-order valence-electron chi connectivity index (χ3n) is 11.8. The quantitative estimate of drug-likeness (QED) is 0.0262. The van der Waals surface area contributed by atoms with E-state index in [0.717, 1.165) is 96.3 Å². The first-order chi connectivity index (χ1) is 31.5. The Morgan fingerprint density at radius 3 is 0.969 bits per heavy atom. The van der Waals surface area contributed by atoms with Gasteiger partial charge in [0, 0.05) is 19.3 Å². The van der Waals surface area contributed by atoms with Crippen LogP contribution in [0, 0.1) is 0 Å². The van der Waals surface area contributed by atoms with Gasteiger partial charge in [-0.05, 0) is 83.5 Å². The van der Waals surface area contributed by atoms with Crippen molar-refractivity contribution in [2.45, 2.75) is 277 Å². The Kier molecular flexibility index (Phi) is 50.4. The predicted molar refractivity (Wildman–Crippen MR) is 275 cm³/mol. The predicted octanol–water partition coefficient (Wildman–Crippen LogP) is 18.0. The highest BCUT2D eigenvalue weighted by Crippen LogP contribution is 2.15. The van der Waals surface area contributed by atoms with Crippen LogP contribution in [-0.2, 0) is 28.6 Å². The minimum Gasteiger partial charge on any atom is -0.462 e. The lowest BCUT2D eigenvalue weighted by atomic mass is 10.1. The maximum absolute atomic E-state index is 12.8. The average molecular weight is 895 g/mol. The van der Waals surface area contributed by atoms with Crippen LogP contribution in [0.1, 0.15) is 271 Å². The number of carbonyl (C=O) groups excluding carboxylic acids is 3. The maximum atomic E-state index is 12.8. The van der Waals surface area contributed by atoms with Crippen LogP contribution < -0.4 is 0 Å². The van der Waals surface area contributed by atoms with Crippen LogP contribution in [0.4, 0.5) is 0 Å². The molecule has 0 rings (SSSR count). The second-order valence-corrected chi connectivity index (χ2v) is 18.1. The van der Waals surface area contributed by atoms with Crippen LogP contribution in [0.2, 0.25) is 0 Å². The van der Waals surface area contributed by atoms with E-state index in [2.05, 4.69) is 81.5 Å². The van der Waals surface area contributed by atoms with E-state index in [0.29, 0.717) is 19.3 Å². The van der Waals surface area contributed by atoms with E-state index in [1.807, 2.05) is 0 Å². The number of rotatable bonds is 49. The molecule has 0 aliphatic carbocycles.